The number of fused-ring (bicyclic) bond motifs is 2. The average Bonchev–Trinajstić information content (AvgIpc) is 3.06. The van der Waals surface area contributed by atoms with Gasteiger partial charge in [0.25, 0.3) is 0 Å². The monoisotopic (exact) mass is 285 g/mol. The number of likely N-dealkylation sites (N-methyl/N-ethyl adjacent to an activating group) is 1. The van der Waals surface area contributed by atoms with E-state index in [1.165, 1.54) is 25.7 Å². The topological polar surface area (TPSA) is 51.0 Å². The minimum absolute atomic E-state index is 0. The van der Waals surface area contributed by atoms with Crippen molar-refractivity contribution in [3.05, 3.63) is 11.7 Å². The van der Waals surface area contributed by atoms with Gasteiger partial charge in [0.05, 0.1) is 0 Å². The molecule has 2 fully saturated rings. The molecule has 0 aliphatic heterocycles. The molecule has 2 bridgehead atoms. The lowest BCUT2D eigenvalue weighted by molar-refractivity contribution is 0.287. The van der Waals surface area contributed by atoms with Gasteiger partial charge < -0.3 is 9.84 Å². The minimum Gasteiger partial charge on any atom is -0.339 e. The first-order chi connectivity index (χ1) is 8.74. The zero-order valence-electron chi connectivity index (χ0n) is 11.8. The lowest BCUT2D eigenvalue weighted by atomic mass is 9.86. The number of halogens is 1. The van der Waals surface area contributed by atoms with Gasteiger partial charge in [-0.25, -0.2) is 0 Å². The molecular formula is C14H24ClN3O. The highest BCUT2D eigenvalue weighted by Gasteiger charge is 2.40. The Labute approximate surface area is 121 Å². The van der Waals surface area contributed by atoms with E-state index in [9.17, 15) is 0 Å². The van der Waals surface area contributed by atoms with Gasteiger partial charge in [-0.2, -0.15) is 4.98 Å². The van der Waals surface area contributed by atoms with Crippen LogP contribution >= 0.6 is 12.4 Å². The van der Waals surface area contributed by atoms with Crippen LogP contribution in [0.4, 0.5) is 0 Å². The lowest BCUT2D eigenvalue weighted by Crippen LogP contribution is -2.24. The van der Waals surface area contributed by atoms with E-state index in [0.29, 0.717) is 6.04 Å². The Hall–Kier alpha value is -0.610. The molecule has 5 heteroatoms. The molecule has 0 spiro atoms. The molecule has 108 valence electrons. The smallest absolute Gasteiger partial charge is 0.226 e. The maximum absolute atomic E-state index is 5.39. The number of rotatable bonds is 5. The molecule has 4 unspecified atom stereocenters. The van der Waals surface area contributed by atoms with Crippen LogP contribution in [0.25, 0.3) is 0 Å². The fourth-order valence-corrected chi connectivity index (χ4v) is 3.68. The third-order valence-electron chi connectivity index (χ3n) is 4.81. The van der Waals surface area contributed by atoms with Crippen molar-refractivity contribution in [3.63, 3.8) is 0 Å². The van der Waals surface area contributed by atoms with E-state index in [2.05, 4.69) is 22.4 Å². The second-order valence-electron chi connectivity index (χ2n) is 6.14. The number of hydrogen-bond acceptors (Lipinski definition) is 4. The second kappa shape index (κ2) is 6.23. The summed E-state index contributed by atoms with van der Waals surface area (Å²) >= 11 is 0. The summed E-state index contributed by atoms with van der Waals surface area (Å²) in [6.07, 6.45) is 7.56. The normalized spacial score (nSPS) is 30.3. The summed E-state index contributed by atoms with van der Waals surface area (Å²) in [5.74, 6) is 4.42. The van der Waals surface area contributed by atoms with Crippen LogP contribution in [0, 0.1) is 17.8 Å². The highest BCUT2D eigenvalue weighted by molar-refractivity contribution is 5.85. The first kappa shape index (κ1) is 14.8. The van der Waals surface area contributed by atoms with Crippen molar-refractivity contribution in [2.45, 2.75) is 51.5 Å². The van der Waals surface area contributed by atoms with E-state index < -0.39 is 0 Å². The van der Waals surface area contributed by atoms with E-state index >= 15 is 0 Å². The predicted molar refractivity (Wildman–Crippen MR) is 76.4 cm³/mol. The van der Waals surface area contributed by atoms with Gasteiger partial charge in [-0.3, -0.25) is 0 Å². The SMILES string of the molecule is CNC(C)Cc1noc(CC2CC3CCC2C3)n1.Cl. The van der Waals surface area contributed by atoms with Crippen LogP contribution in [0.5, 0.6) is 0 Å². The highest BCUT2D eigenvalue weighted by atomic mass is 35.5. The van der Waals surface area contributed by atoms with Crippen molar-refractivity contribution in [1.82, 2.24) is 15.5 Å². The van der Waals surface area contributed by atoms with Gasteiger partial charge in [-0.15, -0.1) is 12.4 Å². The van der Waals surface area contributed by atoms with E-state index in [-0.39, 0.29) is 12.4 Å². The highest BCUT2D eigenvalue weighted by Crippen LogP contribution is 2.49. The molecule has 4 atom stereocenters. The summed E-state index contributed by atoms with van der Waals surface area (Å²) in [4.78, 5) is 4.53. The maximum atomic E-state index is 5.39. The fraction of sp³-hybridized carbons (Fsp3) is 0.857. The fourth-order valence-electron chi connectivity index (χ4n) is 3.68. The number of aromatic nitrogens is 2. The summed E-state index contributed by atoms with van der Waals surface area (Å²) in [6, 6.07) is 0.401. The van der Waals surface area contributed by atoms with Crippen LogP contribution in [-0.4, -0.2) is 23.2 Å². The molecule has 1 N–H and O–H groups in total. The average molecular weight is 286 g/mol. The van der Waals surface area contributed by atoms with Crippen molar-refractivity contribution >= 4 is 12.4 Å². The van der Waals surface area contributed by atoms with Gasteiger partial charge in [0.15, 0.2) is 5.82 Å². The van der Waals surface area contributed by atoms with Crippen molar-refractivity contribution in [1.29, 1.82) is 0 Å². The number of nitrogens with zero attached hydrogens (tertiary/aromatic N) is 2. The Morgan fingerprint density at radius 1 is 1.37 bits per heavy atom. The van der Waals surface area contributed by atoms with E-state index in [0.717, 1.165) is 42.3 Å². The van der Waals surface area contributed by atoms with Crippen molar-refractivity contribution in [2.75, 3.05) is 7.05 Å². The van der Waals surface area contributed by atoms with Crippen LogP contribution in [-0.2, 0) is 12.8 Å². The van der Waals surface area contributed by atoms with Crippen LogP contribution < -0.4 is 5.32 Å². The van der Waals surface area contributed by atoms with Crippen LogP contribution in [0.15, 0.2) is 4.52 Å². The Balaban J connectivity index is 0.00000133. The van der Waals surface area contributed by atoms with Crippen LogP contribution in [0.1, 0.15) is 44.3 Å². The molecule has 19 heavy (non-hydrogen) atoms. The molecule has 1 aromatic heterocycles. The largest absolute Gasteiger partial charge is 0.339 e. The molecule has 1 heterocycles. The summed E-state index contributed by atoms with van der Waals surface area (Å²) in [7, 11) is 1.96. The van der Waals surface area contributed by atoms with Crippen molar-refractivity contribution < 1.29 is 4.52 Å². The quantitative estimate of drug-likeness (QED) is 0.903. The van der Waals surface area contributed by atoms with E-state index in [1.807, 2.05) is 7.05 Å². The van der Waals surface area contributed by atoms with Crippen LogP contribution in [0.3, 0.4) is 0 Å². The Kier molecular flexibility index (Phi) is 4.85. The Morgan fingerprint density at radius 2 is 2.21 bits per heavy atom. The van der Waals surface area contributed by atoms with Gasteiger partial charge in [0, 0.05) is 18.9 Å². The van der Waals surface area contributed by atoms with Crippen LogP contribution in [0.2, 0.25) is 0 Å². The third-order valence-corrected chi connectivity index (χ3v) is 4.81. The summed E-state index contributed by atoms with van der Waals surface area (Å²) in [5, 5.41) is 7.28. The van der Waals surface area contributed by atoms with Gasteiger partial charge in [-0.1, -0.05) is 11.6 Å². The molecule has 2 saturated carbocycles. The first-order valence-electron chi connectivity index (χ1n) is 7.23. The molecule has 0 amide bonds. The van der Waals surface area contributed by atoms with Gasteiger partial charge in [0.2, 0.25) is 5.89 Å². The van der Waals surface area contributed by atoms with Gasteiger partial charge in [0.1, 0.15) is 0 Å². The molecular weight excluding hydrogens is 262 g/mol. The van der Waals surface area contributed by atoms with Gasteiger partial charge >= 0.3 is 0 Å². The summed E-state index contributed by atoms with van der Waals surface area (Å²) in [6.45, 7) is 2.13. The molecule has 2 aliphatic rings. The molecule has 4 nitrogen and oxygen atoms in total. The summed E-state index contributed by atoms with van der Waals surface area (Å²) < 4.78 is 5.39. The number of hydrogen-bond donors (Lipinski definition) is 1. The summed E-state index contributed by atoms with van der Waals surface area (Å²) in [5.41, 5.74) is 0. The zero-order chi connectivity index (χ0) is 12.5. The third kappa shape index (κ3) is 3.29. The minimum atomic E-state index is 0. The molecule has 0 saturated heterocycles. The zero-order valence-corrected chi connectivity index (χ0v) is 12.6. The molecule has 1 aromatic rings. The Morgan fingerprint density at radius 3 is 2.84 bits per heavy atom. The second-order valence-corrected chi connectivity index (χ2v) is 6.14. The molecule has 0 radical (unpaired) electrons. The van der Waals surface area contributed by atoms with E-state index in [4.69, 9.17) is 4.52 Å². The van der Waals surface area contributed by atoms with E-state index in [1.54, 1.807) is 0 Å². The Bertz CT molecular complexity index is 409. The molecule has 0 aromatic carbocycles. The van der Waals surface area contributed by atoms with Crippen molar-refractivity contribution in [3.8, 4) is 0 Å². The molecule has 3 rings (SSSR count). The maximum Gasteiger partial charge on any atom is 0.226 e. The van der Waals surface area contributed by atoms with Gasteiger partial charge in [-0.05, 0) is 51.0 Å². The van der Waals surface area contributed by atoms with Crippen molar-refractivity contribution in [2.24, 2.45) is 17.8 Å². The predicted octanol–water partition coefficient (Wildman–Crippen LogP) is 2.62. The lowest BCUT2D eigenvalue weighted by Gasteiger charge is -2.19. The standard InChI is InChI=1S/C14H23N3O.ClH/c1-9(15-2)5-13-16-14(18-17-13)8-12-7-10-3-4-11(12)6-10;/h9-12,15H,3-8H2,1-2H3;1H. The number of nitrogens with one attached hydrogen (secondary N) is 1. The first-order valence-corrected chi connectivity index (χ1v) is 7.23. The molecule has 2 aliphatic carbocycles.